The minimum absolute atomic E-state index is 0.0309. The number of nitro benzene ring substituents is 1. The number of halogens is 1. The lowest BCUT2D eigenvalue weighted by molar-refractivity contribution is -0.384. The van der Waals surface area contributed by atoms with E-state index in [4.69, 9.17) is 11.6 Å². The van der Waals surface area contributed by atoms with Crippen molar-refractivity contribution in [3.8, 4) is 0 Å². The van der Waals surface area contributed by atoms with Gasteiger partial charge in [-0.3, -0.25) is 14.8 Å². The van der Waals surface area contributed by atoms with Gasteiger partial charge in [0.15, 0.2) is 0 Å². The van der Waals surface area contributed by atoms with Gasteiger partial charge in [0, 0.05) is 36.5 Å². The predicted octanol–water partition coefficient (Wildman–Crippen LogP) is 2.49. The third-order valence-corrected chi connectivity index (χ3v) is 3.30. The van der Waals surface area contributed by atoms with E-state index in [9.17, 15) is 10.1 Å². The summed E-state index contributed by atoms with van der Waals surface area (Å²) < 4.78 is 3.66. The molecule has 20 heavy (non-hydrogen) atoms. The molecule has 0 saturated heterocycles. The molecule has 3 aromatic rings. The molecule has 0 unspecified atom stereocenters. The first-order valence-corrected chi connectivity index (χ1v) is 6.28. The Labute approximate surface area is 118 Å². The van der Waals surface area contributed by atoms with Gasteiger partial charge in [0.25, 0.3) is 5.69 Å². The molecular formula is C12H10ClN5O2. The van der Waals surface area contributed by atoms with E-state index in [1.807, 2.05) is 10.8 Å². The fourth-order valence-corrected chi connectivity index (χ4v) is 2.39. The van der Waals surface area contributed by atoms with Crippen LogP contribution in [0, 0.1) is 10.1 Å². The zero-order chi connectivity index (χ0) is 14.1. The van der Waals surface area contributed by atoms with E-state index in [0.29, 0.717) is 29.0 Å². The Kier molecular flexibility index (Phi) is 3.11. The molecule has 102 valence electrons. The summed E-state index contributed by atoms with van der Waals surface area (Å²) in [5, 5.41) is 16.0. The lowest BCUT2D eigenvalue weighted by Gasteiger charge is -2.05. The fraction of sp³-hybridized carbons (Fsp3) is 0.167. The lowest BCUT2D eigenvalue weighted by atomic mass is 10.2. The molecule has 0 aliphatic rings. The molecule has 3 rings (SSSR count). The first kappa shape index (κ1) is 12.6. The first-order chi connectivity index (χ1) is 9.65. The predicted molar refractivity (Wildman–Crippen MR) is 73.6 cm³/mol. The second kappa shape index (κ2) is 4.93. The fourth-order valence-electron chi connectivity index (χ4n) is 2.07. The smallest absolute Gasteiger partial charge is 0.271 e. The van der Waals surface area contributed by atoms with Crippen LogP contribution in [0.15, 0.2) is 37.1 Å². The Morgan fingerprint density at radius 1 is 1.35 bits per heavy atom. The zero-order valence-electron chi connectivity index (χ0n) is 10.3. The van der Waals surface area contributed by atoms with Crippen molar-refractivity contribution in [2.45, 2.75) is 13.1 Å². The highest BCUT2D eigenvalue weighted by atomic mass is 35.5. The summed E-state index contributed by atoms with van der Waals surface area (Å²) in [4.78, 5) is 14.3. The Hall–Kier alpha value is -2.41. The van der Waals surface area contributed by atoms with Crippen LogP contribution in [-0.2, 0) is 13.1 Å². The van der Waals surface area contributed by atoms with Gasteiger partial charge in [-0.25, -0.2) is 4.98 Å². The monoisotopic (exact) mass is 291 g/mol. The molecule has 0 aliphatic carbocycles. The van der Waals surface area contributed by atoms with Gasteiger partial charge in [0.2, 0.25) is 0 Å². The maximum absolute atomic E-state index is 10.8. The minimum Gasteiger partial charge on any atom is -0.336 e. The van der Waals surface area contributed by atoms with Crippen LogP contribution in [0.5, 0.6) is 0 Å². The molecule has 8 heteroatoms. The van der Waals surface area contributed by atoms with Crippen molar-refractivity contribution >= 4 is 28.2 Å². The van der Waals surface area contributed by atoms with E-state index in [1.54, 1.807) is 23.4 Å². The number of fused-ring (bicyclic) bond motifs is 1. The third-order valence-electron chi connectivity index (χ3n) is 3.01. The Balaban J connectivity index is 1.94. The van der Waals surface area contributed by atoms with Gasteiger partial charge >= 0.3 is 0 Å². The molecule has 0 fully saturated rings. The maximum atomic E-state index is 10.8. The van der Waals surface area contributed by atoms with Gasteiger partial charge in [-0.05, 0) is 0 Å². The molecule has 1 aromatic carbocycles. The van der Waals surface area contributed by atoms with E-state index >= 15 is 0 Å². The van der Waals surface area contributed by atoms with Crippen LogP contribution in [0.25, 0.3) is 10.9 Å². The number of imidazole rings is 1. The molecule has 0 N–H and O–H groups in total. The lowest BCUT2D eigenvalue weighted by Crippen LogP contribution is -2.07. The van der Waals surface area contributed by atoms with Crippen molar-refractivity contribution in [1.29, 1.82) is 0 Å². The number of benzene rings is 1. The number of hydrogen-bond acceptors (Lipinski definition) is 4. The summed E-state index contributed by atoms with van der Waals surface area (Å²) in [7, 11) is 0. The van der Waals surface area contributed by atoms with Crippen molar-refractivity contribution in [1.82, 2.24) is 19.3 Å². The number of nitro groups is 1. The number of nitrogens with zero attached hydrogens (tertiary/aromatic N) is 5. The molecule has 0 bridgehead atoms. The molecule has 0 radical (unpaired) electrons. The molecule has 0 saturated carbocycles. The molecule has 2 heterocycles. The average Bonchev–Trinajstić information content (AvgIpc) is 3.05. The normalized spacial score (nSPS) is 11.1. The van der Waals surface area contributed by atoms with Gasteiger partial charge in [-0.15, -0.1) is 0 Å². The van der Waals surface area contributed by atoms with Crippen molar-refractivity contribution in [2.24, 2.45) is 0 Å². The summed E-state index contributed by atoms with van der Waals surface area (Å²) in [6.07, 6.45) is 6.87. The highest BCUT2D eigenvalue weighted by molar-refractivity contribution is 6.35. The molecule has 0 spiro atoms. The quantitative estimate of drug-likeness (QED) is 0.546. The molecule has 0 aliphatic heterocycles. The summed E-state index contributed by atoms with van der Waals surface area (Å²) in [6.45, 7) is 1.31. The van der Waals surface area contributed by atoms with Crippen molar-refractivity contribution in [3.63, 3.8) is 0 Å². The standard InChI is InChI=1S/C12H10ClN5O2/c13-11-6-10(18(19)20)5-9-7-15-17(12(9)11)4-3-16-2-1-14-8-16/h1-2,5-8H,3-4H2. The largest absolute Gasteiger partial charge is 0.336 e. The van der Waals surface area contributed by atoms with Crippen LogP contribution in [0.3, 0.4) is 0 Å². The highest BCUT2D eigenvalue weighted by Crippen LogP contribution is 2.28. The van der Waals surface area contributed by atoms with Gasteiger partial charge in [0.05, 0.1) is 34.5 Å². The van der Waals surface area contributed by atoms with Crippen LogP contribution in [0.4, 0.5) is 5.69 Å². The number of non-ortho nitro benzene ring substituents is 1. The maximum Gasteiger partial charge on any atom is 0.271 e. The molecule has 0 atom stereocenters. The van der Waals surface area contributed by atoms with Crippen molar-refractivity contribution < 1.29 is 4.92 Å². The average molecular weight is 292 g/mol. The minimum atomic E-state index is -0.464. The number of aryl methyl sites for hydroxylation is 2. The van der Waals surface area contributed by atoms with E-state index in [-0.39, 0.29) is 5.69 Å². The third kappa shape index (κ3) is 2.23. The summed E-state index contributed by atoms with van der Waals surface area (Å²) in [5.41, 5.74) is 0.675. The molecule has 0 amide bonds. The van der Waals surface area contributed by atoms with E-state index in [2.05, 4.69) is 10.1 Å². The Morgan fingerprint density at radius 2 is 2.20 bits per heavy atom. The number of hydrogen-bond donors (Lipinski definition) is 0. The van der Waals surface area contributed by atoms with Crippen molar-refractivity contribution in [2.75, 3.05) is 0 Å². The van der Waals surface area contributed by atoms with E-state index < -0.39 is 4.92 Å². The first-order valence-electron chi connectivity index (χ1n) is 5.90. The van der Waals surface area contributed by atoms with Crippen LogP contribution >= 0.6 is 11.6 Å². The topological polar surface area (TPSA) is 78.8 Å². The second-order valence-corrected chi connectivity index (χ2v) is 4.70. The second-order valence-electron chi connectivity index (χ2n) is 4.29. The Morgan fingerprint density at radius 3 is 2.90 bits per heavy atom. The van der Waals surface area contributed by atoms with Crippen LogP contribution in [0.2, 0.25) is 5.02 Å². The van der Waals surface area contributed by atoms with Gasteiger partial charge in [-0.2, -0.15) is 5.10 Å². The SMILES string of the molecule is O=[N+]([O-])c1cc(Cl)c2c(cnn2CCn2ccnc2)c1. The van der Waals surface area contributed by atoms with Crippen LogP contribution in [-0.4, -0.2) is 24.3 Å². The number of aromatic nitrogens is 4. The van der Waals surface area contributed by atoms with Gasteiger partial charge in [-0.1, -0.05) is 11.6 Å². The highest BCUT2D eigenvalue weighted by Gasteiger charge is 2.14. The number of rotatable bonds is 4. The molecule has 7 nitrogen and oxygen atoms in total. The summed E-state index contributed by atoms with van der Waals surface area (Å²) >= 11 is 6.13. The Bertz CT molecular complexity index is 766. The molecular weight excluding hydrogens is 282 g/mol. The molecule has 2 aromatic heterocycles. The van der Waals surface area contributed by atoms with Gasteiger partial charge < -0.3 is 4.57 Å². The van der Waals surface area contributed by atoms with E-state index in [0.717, 1.165) is 0 Å². The van der Waals surface area contributed by atoms with Crippen LogP contribution in [0.1, 0.15) is 0 Å². The van der Waals surface area contributed by atoms with E-state index in [1.165, 1.54) is 12.1 Å². The van der Waals surface area contributed by atoms with Crippen molar-refractivity contribution in [3.05, 3.63) is 52.2 Å². The van der Waals surface area contributed by atoms with Crippen LogP contribution < -0.4 is 0 Å². The summed E-state index contributed by atoms with van der Waals surface area (Å²) in [6, 6.07) is 2.82. The zero-order valence-corrected chi connectivity index (χ0v) is 11.1. The summed E-state index contributed by atoms with van der Waals surface area (Å²) in [5.74, 6) is 0. The van der Waals surface area contributed by atoms with Gasteiger partial charge in [0.1, 0.15) is 0 Å².